The summed E-state index contributed by atoms with van der Waals surface area (Å²) in [5, 5.41) is 0. The summed E-state index contributed by atoms with van der Waals surface area (Å²) in [4.78, 5) is 0.900. The van der Waals surface area contributed by atoms with Crippen LogP contribution in [0.5, 0.6) is 0 Å². The Kier molecular flexibility index (Phi) is 3.43. The van der Waals surface area contributed by atoms with Gasteiger partial charge in [-0.1, -0.05) is 31.7 Å². The van der Waals surface area contributed by atoms with E-state index in [9.17, 15) is 4.21 Å². The summed E-state index contributed by atoms with van der Waals surface area (Å²) in [5.41, 5.74) is 1.99. The molecule has 0 aliphatic heterocycles. The van der Waals surface area contributed by atoms with Crippen LogP contribution in [0.1, 0.15) is 19.4 Å². The van der Waals surface area contributed by atoms with E-state index in [0.717, 1.165) is 16.0 Å². The smallest absolute Gasteiger partial charge is 0.0532 e. The van der Waals surface area contributed by atoms with Gasteiger partial charge in [0.1, 0.15) is 0 Å². The van der Waals surface area contributed by atoms with Gasteiger partial charge < -0.3 is 0 Å². The van der Waals surface area contributed by atoms with Crippen LogP contribution in [0, 0.1) is 0 Å². The number of benzene rings is 1. The topological polar surface area (TPSA) is 17.1 Å². The van der Waals surface area contributed by atoms with Gasteiger partial charge in [-0.05, 0) is 24.1 Å². The van der Waals surface area contributed by atoms with Crippen molar-refractivity contribution in [3.63, 3.8) is 0 Å². The Bertz CT molecular complexity index is 342. The Morgan fingerprint density at radius 2 is 2.08 bits per heavy atom. The molecule has 0 saturated heterocycles. The van der Waals surface area contributed by atoms with E-state index < -0.39 is 10.8 Å². The van der Waals surface area contributed by atoms with Crippen LogP contribution in [0.3, 0.4) is 0 Å². The minimum atomic E-state index is -0.883. The zero-order chi connectivity index (χ0) is 9.84. The van der Waals surface area contributed by atoms with Gasteiger partial charge in [-0.2, -0.15) is 0 Å². The van der Waals surface area contributed by atoms with E-state index in [1.165, 1.54) is 0 Å². The molecule has 1 rings (SSSR count). The van der Waals surface area contributed by atoms with E-state index in [0.29, 0.717) is 5.75 Å². The molecule has 1 aromatic carbocycles. The van der Waals surface area contributed by atoms with E-state index in [-0.39, 0.29) is 0 Å². The lowest BCUT2D eigenvalue weighted by atomic mass is 10.1. The van der Waals surface area contributed by atoms with E-state index >= 15 is 0 Å². The van der Waals surface area contributed by atoms with Crippen LogP contribution in [-0.2, 0) is 10.8 Å². The molecule has 0 saturated carbocycles. The van der Waals surface area contributed by atoms with Gasteiger partial charge in [0, 0.05) is 10.6 Å². The maximum absolute atomic E-state index is 11.6. The molecule has 0 N–H and O–H groups in total. The van der Waals surface area contributed by atoms with Crippen LogP contribution in [-0.4, -0.2) is 9.96 Å². The highest BCUT2D eigenvalue weighted by Gasteiger charge is 2.06. The van der Waals surface area contributed by atoms with Crippen molar-refractivity contribution in [1.29, 1.82) is 0 Å². The van der Waals surface area contributed by atoms with E-state index in [1.807, 2.05) is 38.1 Å². The molecule has 0 spiro atoms. The molecule has 0 aliphatic carbocycles. The Balaban J connectivity index is 3.19. The van der Waals surface area contributed by atoms with Crippen molar-refractivity contribution < 1.29 is 4.21 Å². The molecule has 0 bridgehead atoms. The highest BCUT2D eigenvalue weighted by atomic mass is 32.2. The predicted octanol–water partition coefficient (Wildman–Crippen LogP) is 2.85. The molecule has 1 atom stereocenters. The number of rotatable bonds is 3. The lowest BCUT2D eigenvalue weighted by Crippen LogP contribution is -1.97. The summed E-state index contributed by atoms with van der Waals surface area (Å²) in [6.45, 7) is 7.73. The molecule has 0 aliphatic rings. The van der Waals surface area contributed by atoms with Gasteiger partial charge in [-0.15, -0.1) is 0 Å². The SMILES string of the molecule is C=C(C)c1ccccc1S(=O)CC. The Hall–Kier alpha value is -0.890. The normalized spacial score (nSPS) is 12.5. The van der Waals surface area contributed by atoms with Gasteiger partial charge in [0.2, 0.25) is 0 Å². The zero-order valence-corrected chi connectivity index (χ0v) is 8.86. The highest BCUT2D eigenvalue weighted by molar-refractivity contribution is 7.85. The first-order valence-electron chi connectivity index (χ1n) is 4.30. The Morgan fingerprint density at radius 1 is 1.46 bits per heavy atom. The molecule has 1 aromatic rings. The molecule has 0 fully saturated rings. The lowest BCUT2D eigenvalue weighted by Gasteiger charge is -2.06. The van der Waals surface area contributed by atoms with Crippen molar-refractivity contribution in [1.82, 2.24) is 0 Å². The number of allylic oxidation sites excluding steroid dienone is 1. The summed E-state index contributed by atoms with van der Waals surface area (Å²) in [5.74, 6) is 0.657. The van der Waals surface area contributed by atoms with Crippen molar-refractivity contribution in [3.05, 3.63) is 36.4 Å². The largest absolute Gasteiger partial charge is 0.254 e. The monoisotopic (exact) mass is 194 g/mol. The van der Waals surface area contributed by atoms with Crippen LogP contribution in [0.15, 0.2) is 35.7 Å². The average molecular weight is 194 g/mol. The van der Waals surface area contributed by atoms with Gasteiger partial charge in [0.25, 0.3) is 0 Å². The second-order valence-corrected chi connectivity index (χ2v) is 4.62. The fourth-order valence-corrected chi connectivity index (χ4v) is 2.20. The second-order valence-electron chi connectivity index (χ2n) is 2.91. The summed E-state index contributed by atoms with van der Waals surface area (Å²) in [6.07, 6.45) is 0. The summed E-state index contributed by atoms with van der Waals surface area (Å²) in [7, 11) is -0.883. The first kappa shape index (κ1) is 10.2. The molecule has 1 nitrogen and oxygen atoms in total. The van der Waals surface area contributed by atoms with Gasteiger partial charge in [0.15, 0.2) is 0 Å². The molecular formula is C11H14OS. The lowest BCUT2D eigenvalue weighted by molar-refractivity contribution is 0.683. The summed E-state index contributed by atoms with van der Waals surface area (Å²) >= 11 is 0. The van der Waals surface area contributed by atoms with Gasteiger partial charge in [0.05, 0.1) is 10.8 Å². The molecule has 70 valence electrons. The summed E-state index contributed by atoms with van der Waals surface area (Å²) < 4.78 is 11.6. The third kappa shape index (κ3) is 2.28. The van der Waals surface area contributed by atoms with Gasteiger partial charge in [-0.3, -0.25) is 4.21 Å². The number of hydrogen-bond donors (Lipinski definition) is 0. The average Bonchev–Trinajstić information content (AvgIpc) is 2.16. The van der Waals surface area contributed by atoms with Crippen LogP contribution < -0.4 is 0 Å². The van der Waals surface area contributed by atoms with E-state index in [2.05, 4.69) is 6.58 Å². The fourth-order valence-electron chi connectivity index (χ4n) is 1.17. The molecule has 0 radical (unpaired) electrons. The third-order valence-corrected chi connectivity index (χ3v) is 3.23. The molecule has 0 amide bonds. The van der Waals surface area contributed by atoms with Gasteiger partial charge in [-0.25, -0.2) is 0 Å². The molecule has 1 unspecified atom stereocenters. The minimum absolute atomic E-state index is 0.657. The molecule has 0 aromatic heterocycles. The van der Waals surface area contributed by atoms with Crippen LogP contribution in [0.25, 0.3) is 5.57 Å². The van der Waals surface area contributed by atoms with Crippen LogP contribution >= 0.6 is 0 Å². The van der Waals surface area contributed by atoms with Crippen molar-refractivity contribution in [2.24, 2.45) is 0 Å². The Labute approximate surface area is 81.9 Å². The fraction of sp³-hybridized carbons (Fsp3) is 0.273. The molecular weight excluding hydrogens is 180 g/mol. The van der Waals surface area contributed by atoms with E-state index in [1.54, 1.807) is 0 Å². The molecule has 2 heteroatoms. The van der Waals surface area contributed by atoms with Crippen LogP contribution in [0.2, 0.25) is 0 Å². The van der Waals surface area contributed by atoms with Crippen molar-refractivity contribution in [2.45, 2.75) is 18.7 Å². The standard InChI is InChI=1S/C11H14OS/c1-4-13(12)11-8-6-5-7-10(11)9(2)3/h5-8H,2,4H2,1,3H3. The minimum Gasteiger partial charge on any atom is -0.254 e. The molecule has 13 heavy (non-hydrogen) atoms. The third-order valence-electron chi connectivity index (χ3n) is 1.85. The highest BCUT2D eigenvalue weighted by Crippen LogP contribution is 2.20. The van der Waals surface area contributed by atoms with Crippen molar-refractivity contribution in [3.8, 4) is 0 Å². The van der Waals surface area contributed by atoms with Crippen molar-refractivity contribution in [2.75, 3.05) is 5.75 Å². The summed E-state index contributed by atoms with van der Waals surface area (Å²) in [6, 6.07) is 7.73. The number of hydrogen-bond acceptors (Lipinski definition) is 1. The Morgan fingerprint density at radius 3 is 2.62 bits per heavy atom. The molecule has 0 heterocycles. The maximum atomic E-state index is 11.6. The van der Waals surface area contributed by atoms with E-state index in [4.69, 9.17) is 0 Å². The first-order chi connectivity index (χ1) is 6.16. The van der Waals surface area contributed by atoms with Crippen molar-refractivity contribution >= 4 is 16.4 Å². The van der Waals surface area contributed by atoms with Gasteiger partial charge >= 0.3 is 0 Å². The quantitative estimate of drug-likeness (QED) is 0.723. The maximum Gasteiger partial charge on any atom is 0.0532 e. The second kappa shape index (κ2) is 4.38. The zero-order valence-electron chi connectivity index (χ0n) is 8.04. The predicted molar refractivity (Wildman–Crippen MR) is 58.1 cm³/mol. The first-order valence-corrected chi connectivity index (χ1v) is 5.62. The van der Waals surface area contributed by atoms with Crippen LogP contribution in [0.4, 0.5) is 0 Å².